The first-order valence-electron chi connectivity index (χ1n) is 10.2. The molecule has 3 fully saturated rings. The van der Waals surface area contributed by atoms with Crippen LogP contribution in [0.4, 0.5) is 0 Å². The van der Waals surface area contributed by atoms with Crippen LogP contribution in [0, 0.1) is 23.2 Å². The molecule has 6 rings (SSSR count). The Bertz CT molecular complexity index is 968. The predicted molar refractivity (Wildman–Crippen MR) is 109 cm³/mol. The van der Waals surface area contributed by atoms with Crippen molar-refractivity contribution in [3.05, 3.63) is 54.4 Å². The summed E-state index contributed by atoms with van der Waals surface area (Å²) in [5, 5.41) is 6.16. The van der Waals surface area contributed by atoms with E-state index in [4.69, 9.17) is 9.40 Å². The summed E-state index contributed by atoms with van der Waals surface area (Å²) in [5.74, 6) is 3.18. The fourth-order valence-corrected chi connectivity index (χ4v) is 5.58. The largest absolute Gasteiger partial charge is 0.444 e. The van der Waals surface area contributed by atoms with Crippen molar-refractivity contribution >= 4 is 10.8 Å². The summed E-state index contributed by atoms with van der Waals surface area (Å²) >= 11 is 0. The van der Waals surface area contributed by atoms with Crippen molar-refractivity contribution in [2.45, 2.75) is 46.2 Å². The van der Waals surface area contributed by atoms with Gasteiger partial charge in [0.25, 0.3) is 0 Å². The minimum Gasteiger partial charge on any atom is -0.444 e. The van der Waals surface area contributed by atoms with Gasteiger partial charge in [0, 0.05) is 18.2 Å². The fraction of sp³-hybridized carbons (Fsp3) is 0.458. The SMILES string of the molecule is C[C@@H]1C(NCc2coc(-c3cccc4ccccc34)n2)C[C@H]2C[C@@H]1C2(C)C. The van der Waals surface area contributed by atoms with E-state index in [1.54, 1.807) is 0 Å². The van der Waals surface area contributed by atoms with E-state index < -0.39 is 0 Å². The lowest BCUT2D eigenvalue weighted by molar-refractivity contribution is -0.115. The first kappa shape index (κ1) is 17.0. The third-order valence-electron chi connectivity index (χ3n) is 7.47. The van der Waals surface area contributed by atoms with Gasteiger partial charge in [0.15, 0.2) is 0 Å². The lowest BCUT2D eigenvalue weighted by Gasteiger charge is -2.62. The fourth-order valence-electron chi connectivity index (χ4n) is 5.58. The van der Waals surface area contributed by atoms with Crippen LogP contribution in [-0.2, 0) is 6.54 Å². The van der Waals surface area contributed by atoms with Gasteiger partial charge >= 0.3 is 0 Å². The number of nitrogens with zero attached hydrogens (tertiary/aromatic N) is 1. The Balaban J connectivity index is 1.31. The van der Waals surface area contributed by atoms with Crippen LogP contribution in [0.2, 0.25) is 0 Å². The van der Waals surface area contributed by atoms with Crippen molar-refractivity contribution in [1.29, 1.82) is 0 Å². The van der Waals surface area contributed by atoms with E-state index in [-0.39, 0.29) is 0 Å². The van der Waals surface area contributed by atoms with E-state index in [0.29, 0.717) is 17.3 Å². The number of nitrogens with one attached hydrogen (secondary N) is 1. The summed E-state index contributed by atoms with van der Waals surface area (Å²) in [6.45, 7) is 8.10. The average Bonchev–Trinajstić information content (AvgIpc) is 3.15. The number of rotatable bonds is 4. The van der Waals surface area contributed by atoms with Gasteiger partial charge in [-0.1, -0.05) is 57.2 Å². The van der Waals surface area contributed by atoms with Crippen LogP contribution in [0.1, 0.15) is 39.3 Å². The number of benzene rings is 2. The van der Waals surface area contributed by atoms with Crippen LogP contribution in [-0.4, -0.2) is 11.0 Å². The molecule has 0 spiro atoms. The molecule has 3 heteroatoms. The highest BCUT2D eigenvalue weighted by Gasteiger charge is 2.55. The van der Waals surface area contributed by atoms with Crippen LogP contribution < -0.4 is 5.32 Å². The normalized spacial score (nSPS) is 28.9. The Morgan fingerprint density at radius 2 is 1.93 bits per heavy atom. The number of oxazole rings is 1. The molecule has 0 amide bonds. The van der Waals surface area contributed by atoms with Crippen LogP contribution in [0.15, 0.2) is 53.1 Å². The summed E-state index contributed by atoms with van der Waals surface area (Å²) in [7, 11) is 0. The monoisotopic (exact) mass is 360 g/mol. The molecule has 1 N–H and O–H groups in total. The summed E-state index contributed by atoms with van der Waals surface area (Å²) in [6.07, 6.45) is 4.52. The molecule has 27 heavy (non-hydrogen) atoms. The van der Waals surface area contributed by atoms with E-state index in [1.165, 1.54) is 23.6 Å². The van der Waals surface area contributed by atoms with Crippen molar-refractivity contribution in [2.24, 2.45) is 23.2 Å². The van der Waals surface area contributed by atoms with E-state index in [2.05, 4.69) is 68.6 Å². The second-order valence-electron chi connectivity index (χ2n) is 9.11. The standard InChI is InChI=1S/C24H28N2O/c1-15-21-11-17(24(21,2)3)12-22(15)25-13-18-14-27-23(26-18)20-10-6-8-16-7-4-5-9-19(16)20/h4-10,14-15,17,21-22,25H,11-13H2,1-3H3/t15-,17+,21-,22?/m0/s1. The third kappa shape index (κ3) is 2.71. The van der Waals surface area contributed by atoms with Crippen LogP contribution in [0.3, 0.4) is 0 Å². The molecule has 1 aromatic heterocycles. The third-order valence-corrected chi connectivity index (χ3v) is 7.47. The maximum atomic E-state index is 5.84. The number of hydrogen-bond acceptors (Lipinski definition) is 3. The Kier molecular flexibility index (Phi) is 3.90. The van der Waals surface area contributed by atoms with Crippen LogP contribution >= 0.6 is 0 Å². The predicted octanol–water partition coefficient (Wildman–Crippen LogP) is 5.66. The maximum Gasteiger partial charge on any atom is 0.226 e. The molecule has 0 aliphatic heterocycles. The van der Waals surface area contributed by atoms with Crippen molar-refractivity contribution in [3.8, 4) is 11.5 Å². The van der Waals surface area contributed by atoms with E-state index in [9.17, 15) is 0 Å². The molecule has 2 bridgehead atoms. The molecule has 0 saturated heterocycles. The van der Waals surface area contributed by atoms with Gasteiger partial charge in [-0.3, -0.25) is 0 Å². The van der Waals surface area contributed by atoms with Crippen molar-refractivity contribution < 1.29 is 4.42 Å². The molecular weight excluding hydrogens is 332 g/mol. The summed E-state index contributed by atoms with van der Waals surface area (Å²) < 4.78 is 5.84. The van der Waals surface area contributed by atoms with Crippen molar-refractivity contribution in [3.63, 3.8) is 0 Å². The lowest BCUT2D eigenvalue weighted by Crippen LogP contribution is -2.59. The molecule has 3 aromatic rings. The Morgan fingerprint density at radius 3 is 2.74 bits per heavy atom. The second kappa shape index (κ2) is 6.20. The smallest absolute Gasteiger partial charge is 0.226 e. The topological polar surface area (TPSA) is 38.1 Å². The minimum absolute atomic E-state index is 0.535. The van der Waals surface area contributed by atoms with Gasteiger partial charge in [0.1, 0.15) is 6.26 Å². The van der Waals surface area contributed by atoms with Gasteiger partial charge in [0.2, 0.25) is 5.89 Å². The Morgan fingerprint density at radius 1 is 1.11 bits per heavy atom. The molecule has 1 unspecified atom stereocenters. The van der Waals surface area contributed by atoms with E-state index in [1.807, 2.05) is 6.26 Å². The second-order valence-corrected chi connectivity index (χ2v) is 9.11. The molecule has 3 nitrogen and oxygen atoms in total. The zero-order valence-corrected chi connectivity index (χ0v) is 16.4. The number of hydrogen-bond donors (Lipinski definition) is 1. The molecule has 0 radical (unpaired) electrons. The average molecular weight is 361 g/mol. The summed E-state index contributed by atoms with van der Waals surface area (Å²) in [6, 6.07) is 15.3. The lowest BCUT2D eigenvalue weighted by atomic mass is 9.45. The van der Waals surface area contributed by atoms with Crippen molar-refractivity contribution in [1.82, 2.24) is 10.3 Å². The Labute approximate surface area is 161 Å². The van der Waals surface area contributed by atoms with Gasteiger partial charge in [0.05, 0.1) is 5.69 Å². The highest BCUT2D eigenvalue weighted by molar-refractivity contribution is 5.94. The molecule has 3 aliphatic rings. The van der Waals surface area contributed by atoms with Crippen molar-refractivity contribution in [2.75, 3.05) is 0 Å². The molecule has 2 aromatic carbocycles. The minimum atomic E-state index is 0.535. The molecule has 3 saturated carbocycles. The summed E-state index contributed by atoms with van der Waals surface area (Å²) in [4.78, 5) is 4.77. The molecule has 3 aliphatic carbocycles. The first-order chi connectivity index (χ1) is 13.0. The highest BCUT2D eigenvalue weighted by atomic mass is 16.3. The molecule has 4 atom stereocenters. The van der Waals surface area contributed by atoms with Crippen LogP contribution in [0.25, 0.3) is 22.2 Å². The number of aromatic nitrogens is 1. The molecular formula is C24H28N2O. The van der Waals surface area contributed by atoms with E-state index >= 15 is 0 Å². The van der Waals surface area contributed by atoms with Gasteiger partial charge in [-0.05, 0) is 52.8 Å². The zero-order valence-electron chi connectivity index (χ0n) is 16.4. The van der Waals surface area contributed by atoms with Gasteiger partial charge < -0.3 is 9.73 Å². The zero-order chi connectivity index (χ0) is 18.6. The van der Waals surface area contributed by atoms with Gasteiger partial charge in [-0.25, -0.2) is 4.98 Å². The van der Waals surface area contributed by atoms with Gasteiger partial charge in [-0.15, -0.1) is 0 Å². The maximum absolute atomic E-state index is 5.84. The summed E-state index contributed by atoms with van der Waals surface area (Å²) in [5.41, 5.74) is 2.59. The van der Waals surface area contributed by atoms with Crippen LogP contribution in [0.5, 0.6) is 0 Å². The Hall–Kier alpha value is -2.13. The highest BCUT2D eigenvalue weighted by Crippen LogP contribution is 2.61. The van der Waals surface area contributed by atoms with Gasteiger partial charge in [-0.2, -0.15) is 0 Å². The first-order valence-corrected chi connectivity index (χ1v) is 10.2. The molecule has 1 heterocycles. The quantitative estimate of drug-likeness (QED) is 0.653. The number of fused-ring (bicyclic) bond motifs is 3. The molecule has 140 valence electrons. The van der Waals surface area contributed by atoms with E-state index in [0.717, 1.165) is 35.6 Å².